The second-order valence-corrected chi connectivity index (χ2v) is 2.94. The Bertz CT molecular complexity index is 239. The van der Waals surface area contributed by atoms with Crippen molar-refractivity contribution >= 4 is 12.3 Å². The van der Waals surface area contributed by atoms with Crippen molar-refractivity contribution in [2.45, 2.75) is 27.3 Å². The van der Waals surface area contributed by atoms with Crippen molar-refractivity contribution in [1.82, 2.24) is 0 Å². The maximum absolute atomic E-state index is 5.45. The van der Waals surface area contributed by atoms with Crippen molar-refractivity contribution in [2.75, 3.05) is 6.61 Å². The third kappa shape index (κ3) is 6.38. The van der Waals surface area contributed by atoms with E-state index in [1.165, 1.54) is 0 Å². The van der Waals surface area contributed by atoms with E-state index in [-0.39, 0.29) is 0 Å². The summed E-state index contributed by atoms with van der Waals surface area (Å²) in [6, 6.07) is 7.60. The van der Waals surface area contributed by atoms with E-state index >= 15 is 0 Å². The highest BCUT2D eigenvalue weighted by atomic mass is 32.2. The molecular weight excluding hydrogens is 210 g/mol. The minimum Gasteiger partial charge on any atom is -0.400 e. The Balaban J connectivity index is 0.000000921. The van der Waals surface area contributed by atoms with Crippen LogP contribution in [-0.2, 0) is 10.7 Å². The van der Waals surface area contributed by atoms with Gasteiger partial charge in [0.2, 0.25) is 12.3 Å². The van der Waals surface area contributed by atoms with Crippen LogP contribution in [0.1, 0.15) is 26.3 Å². The van der Waals surface area contributed by atoms with Crippen molar-refractivity contribution in [3.05, 3.63) is 29.8 Å². The fraction of sp³-hybridized carbons (Fsp3) is 0.455. The first-order chi connectivity index (χ1) is 7.36. The fourth-order valence-electron chi connectivity index (χ4n) is 0.793. The van der Waals surface area contributed by atoms with Crippen molar-refractivity contribution in [2.24, 2.45) is 5.73 Å². The van der Waals surface area contributed by atoms with Crippen LogP contribution >= 0.6 is 12.3 Å². The maximum Gasteiger partial charge on any atom is 0.225 e. The standard InChI is InChI=1S/C9H13NO2S.C2H6/c1-2-11-13-12-9-5-3-8(7-10)4-6-9;1-2/h3-6H,2,7,10H2,1H3;1-2H3. The van der Waals surface area contributed by atoms with Gasteiger partial charge in [-0.15, -0.1) is 0 Å². The highest BCUT2D eigenvalue weighted by molar-refractivity contribution is 7.90. The van der Waals surface area contributed by atoms with Gasteiger partial charge in [0.25, 0.3) is 0 Å². The zero-order valence-corrected chi connectivity index (χ0v) is 10.3. The van der Waals surface area contributed by atoms with E-state index in [1.807, 2.05) is 45.0 Å². The molecule has 1 aromatic rings. The first kappa shape index (κ1) is 14.3. The van der Waals surface area contributed by atoms with Gasteiger partial charge in [-0.3, -0.25) is 4.18 Å². The lowest BCUT2D eigenvalue weighted by Gasteiger charge is -2.02. The predicted molar refractivity (Wildman–Crippen MR) is 65.5 cm³/mol. The minimum atomic E-state index is 0.554. The summed E-state index contributed by atoms with van der Waals surface area (Å²) in [6.45, 7) is 7.10. The molecule has 0 aliphatic heterocycles. The Labute approximate surface area is 96.4 Å². The van der Waals surface area contributed by atoms with E-state index in [0.717, 1.165) is 23.6 Å². The zero-order valence-electron chi connectivity index (χ0n) is 9.53. The number of nitrogens with two attached hydrogens (primary N) is 1. The van der Waals surface area contributed by atoms with Gasteiger partial charge in [-0.2, -0.15) is 0 Å². The Morgan fingerprint density at radius 1 is 1.20 bits per heavy atom. The molecule has 0 radical (unpaired) electrons. The van der Waals surface area contributed by atoms with Crippen LogP contribution in [0.3, 0.4) is 0 Å². The fourth-order valence-corrected chi connectivity index (χ4v) is 1.13. The van der Waals surface area contributed by atoms with Gasteiger partial charge < -0.3 is 9.92 Å². The van der Waals surface area contributed by atoms with Crippen molar-refractivity contribution < 1.29 is 8.37 Å². The molecule has 1 rings (SSSR count). The SMILES string of the molecule is CC.CCOSOc1ccc(CN)cc1. The molecule has 2 N–H and O–H groups in total. The average molecular weight is 229 g/mol. The van der Waals surface area contributed by atoms with Gasteiger partial charge in [0, 0.05) is 6.54 Å². The van der Waals surface area contributed by atoms with E-state index < -0.39 is 0 Å². The van der Waals surface area contributed by atoms with Crippen LogP contribution in [0.25, 0.3) is 0 Å². The number of rotatable bonds is 5. The molecule has 1 aromatic carbocycles. The van der Waals surface area contributed by atoms with Crippen LogP contribution < -0.4 is 9.92 Å². The van der Waals surface area contributed by atoms with E-state index in [9.17, 15) is 0 Å². The molecule has 86 valence electrons. The van der Waals surface area contributed by atoms with Crippen molar-refractivity contribution in [1.29, 1.82) is 0 Å². The predicted octanol–water partition coefficient (Wildman–Crippen LogP) is 3.15. The molecule has 0 atom stereocenters. The van der Waals surface area contributed by atoms with Crippen LogP contribution in [0.2, 0.25) is 0 Å². The summed E-state index contributed by atoms with van der Waals surface area (Å²) in [5.41, 5.74) is 6.54. The quantitative estimate of drug-likeness (QED) is 0.622. The van der Waals surface area contributed by atoms with Gasteiger partial charge in [0.1, 0.15) is 5.75 Å². The first-order valence-corrected chi connectivity index (χ1v) is 5.78. The molecule has 0 unspecified atom stereocenters. The Kier molecular flexibility index (Phi) is 9.36. The molecule has 3 nitrogen and oxygen atoms in total. The molecule has 15 heavy (non-hydrogen) atoms. The summed E-state index contributed by atoms with van der Waals surface area (Å²) in [5, 5.41) is 0. The topological polar surface area (TPSA) is 44.5 Å². The summed E-state index contributed by atoms with van der Waals surface area (Å²) in [6.07, 6.45) is 0. The lowest BCUT2D eigenvalue weighted by Crippen LogP contribution is -1.95. The molecule has 0 spiro atoms. The molecule has 0 fully saturated rings. The molecule has 0 amide bonds. The summed E-state index contributed by atoms with van der Waals surface area (Å²) in [4.78, 5) is 0. The Hall–Kier alpha value is -0.710. The smallest absolute Gasteiger partial charge is 0.225 e. The normalized spacial score (nSPS) is 9.07. The molecule has 0 bridgehead atoms. The molecule has 4 heteroatoms. The van der Waals surface area contributed by atoms with Gasteiger partial charge in [0.15, 0.2) is 0 Å². The van der Waals surface area contributed by atoms with Gasteiger partial charge in [-0.25, -0.2) is 0 Å². The largest absolute Gasteiger partial charge is 0.400 e. The third-order valence-electron chi connectivity index (χ3n) is 1.46. The molecule has 0 aliphatic rings. The lowest BCUT2D eigenvalue weighted by molar-refractivity contribution is 0.369. The summed E-state index contributed by atoms with van der Waals surface area (Å²) >= 11 is 0.989. The van der Waals surface area contributed by atoms with E-state index in [0.29, 0.717) is 13.2 Å². The Morgan fingerprint density at radius 3 is 2.27 bits per heavy atom. The molecular formula is C11H19NO2S. The molecule has 0 heterocycles. The Morgan fingerprint density at radius 2 is 1.80 bits per heavy atom. The van der Waals surface area contributed by atoms with Crippen LogP contribution in [0.5, 0.6) is 5.75 Å². The van der Waals surface area contributed by atoms with Crippen molar-refractivity contribution in [3.63, 3.8) is 0 Å². The van der Waals surface area contributed by atoms with Crippen molar-refractivity contribution in [3.8, 4) is 5.75 Å². The zero-order chi connectivity index (χ0) is 11.5. The van der Waals surface area contributed by atoms with E-state index in [1.54, 1.807) is 0 Å². The van der Waals surface area contributed by atoms with Crippen LogP contribution in [0.4, 0.5) is 0 Å². The van der Waals surface area contributed by atoms with Crippen LogP contribution in [0, 0.1) is 0 Å². The third-order valence-corrected chi connectivity index (χ3v) is 2.05. The number of hydrogen-bond acceptors (Lipinski definition) is 4. The van der Waals surface area contributed by atoms with Gasteiger partial charge in [-0.05, 0) is 24.6 Å². The van der Waals surface area contributed by atoms with Crippen LogP contribution in [0.15, 0.2) is 24.3 Å². The summed E-state index contributed by atoms with van der Waals surface area (Å²) < 4.78 is 10.2. The second-order valence-electron chi connectivity index (χ2n) is 2.41. The van der Waals surface area contributed by atoms with E-state index in [4.69, 9.17) is 14.1 Å². The summed E-state index contributed by atoms with van der Waals surface area (Å²) in [5.74, 6) is 0.774. The van der Waals surface area contributed by atoms with Crippen LogP contribution in [-0.4, -0.2) is 6.61 Å². The van der Waals surface area contributed by atoms with Gasteiger partial charge in [0.05, 0.1) is 6.61 Å². The van der Waals surface area contributed by atoms with Gasteiger partial charge in [-0.1, -0.05) is 26.0 Å². The first-order valence-electron chi connectivity index (χ1n) is 5.12. The number of benzene rings is 1. The lowest BCUT2D eigenvalue weighted by atomic mass is 10.2. The highest BCUT2D eigenvalue weighted by Crippen LogP contribution is 2.17. The molecule has 0 saturated heterocycles. The second kappa shape index (κ2) is 9.83. The molecule has 0 saturated carbocycles. The molecule has 0 aromatic heterocycles. The van der Waals surface area contributed by atoms with E-state index in [2.05, 4.69) is 0 Å². The monoisotopic (exact) mass is 229 g/mol. The summed E-state index contributed by atoms with van der Waals surface area (Å²) in [7, 11) is 0. The molecule has 0 aliphatic carbocycles. The average Bonchev–Trinajstić information content (AvgIpc) is 2.33. The maximum atomic E-state index is 5.45. The highest BCUT2D eigenvalue weighted by Gasteiger charge is 1.94. The number of hydrogen-bond donors (Lipinski definition) is 1. The minimum absolute atomic E-state index is 0.554. The van der Waals surface area contributed by atoms with Gasteiger partial charge >= 0.3 is 0 Å².